The largest absolute Gasteiger partial charge is 0.297 e. The Morgan fingerprint density at radius 1 is 1.21 bits per heavy atom. The maximum absolute atomic E-state index is 4.50. The van der Waals surface area contributed by atoms with Gasteiger partial charge in [0.1, 0.15) is 5.69 Å². The highest BCUT2D eigenvalue weighted by atomic mass is 15.1. The Bertz CT molecular complexity index is 421. The zero-order valence-electron chi connectivity index (χ0n) is 8.73. The van der Waals surface area contributed by atoms with Crippen LogP contribution in [0.3, 0.4) is 0 Å². The van der Waals surface area contributed by atoms with Crippen LogP contribution in [0.5, 0.6) is 0 Å². The molecule has 2 heterocycles. The third-order valence-electron chi connectivity index (χ3n) is 2.50. The molecule has 2 aromatic heterocycles. The molecule has 0 fully saturated rings. The lowest BCUT2D eigenvalue weighted by Gasteiger charge is -2.01. The summed E-state index contributed by atoms with van der Waals surface area (Å²) in [7, 11) is 2.02. The first kappa shape index (κ1) is 8.94. The lowest BCUT2D eigenvalue weighted by Crippen LogP contribution is -2.37. The van der Waals surface area contributed by atoms with E-state index in [0.29, 0.717) is 0 Å². The summed E-state index contributed by atoms with van der Waals surface area (Å²) in [5, 5.41) is 0. The normalized spacial score (nSPS) is 10.5. The molecule has 3 nitrogen and oxygen atoms in total. The van der Waals surface area contributed by atoms with Crippen molar-refractivity contribution in [3.63, 3.8) is 0 Å². The van der Waals surface area contributed by atoms with Gasteiger partial charge in [-0.15, -0.1) is 0 Å². The topological polar surface area (TPSA) is 21.7 Å². The Balaban J connectivity index is 2.57. The van der Waals surface area contributed by atoms with Gasteiger partial charge in [0.15, 0.2) is 0 Å². The summed E-state index contributed by atoms with van der Waals surface area (Å²) in [6.07, 6.45) is 4.00. The Hall–Kier alpha value is -1.64. The number of rotatable bonds is 1. The summed E-state index contributed by atoms with van der Waals surface area (Å²) in [5.41, 5.74) is 1.21. The first-order valence-electron chi connectivity index (χ1n) is 4.66. The van der Waals surface area contributed by atoms with Gasteiger partial charge in [0.05, 0.1) is 13.1 Å². The molecule has 0 unspecified atom stereocenters. The zero-order valence-corrected chi connectivity index (χ0v) is 8.73. The predicted molar refractivity (Wildman–Crippen MR) is 54.2 cm³/mol. The van der Waals surface area contributed by atoms with Crippen LogP contribution in [0.15, 0.2) is 30.6 Å². The van der Waals surface area contributed by atoms with Crippen LogP contribution < -0.4 is 4.57 Å². The molecule has 0 N–H and O–H groups in total. The van der Waals surface area contributed by atoms with Gasteiger partial charge in [0.2, 0.25) is 0 Å². The van der Waals surface area contributed by atoms with Gasteiger partial charge in [-0.05, 0) is 24.0 Å². The molecule has 0 amide bonds. The van der Waals surface area contributed by atoms with Gasteiger partial charge in [-0.3, -0.25) is 4.57 Å². The quantitative estimate of drug-likeness (QED) is 0.618. The molecule has 0 radical (unpaired) electrons. The Kier molecular flexibility index (Phi) is 2.08. The molecule has 0 saturated carbocycles. The van der Waals surface area contributed by atoms with E-state index in [-0.39, 0.29) is 0 Å². The predicted octanol–water partition coefficient (Wildman–Crippen LogP) is 1.31. The summed E-state index contributed by atoms with van der Waals surface area (Å²) in [4.78, 5) is 4.50. The fraction of sp³-hybridized carbons (Fsp3) is 0.273. The second-order valence-electron chi connectivity index (χ2n) is 3.45. The summed E-state index contributed by atoms with van der Waals surface area (Å²) < 4.78 is 4.09. The van der Waals surface area contributed by atoms with Crippen LogP contribution in [-0.2, 0) is 7.05 Å². The number of hydrogen-bond acceptors (Lipinski definition) is 1. The smallest absolute Gasteiger partial charge is 0.288 e. The van der Waals surface area contributed by atoms with E-state index >= 15 is 0 Å². The van der Waals surface area contributed by atoms with Crippen molar-refractivity contribution in [3.05, 3.63) is 42.1 Å². The molecule has 0 spiro atoms. The Morgan fingerprint density at radius 3 is 2.43 bits per heavy atom. The highest BCUT2D eigenvalue weighted by molar-refractivity contribution is 5.23. The van der Waals surface area contributed by atoms with Crippen LogP contribution in [0.2, 0.25) is 0 Å². The standard InChI is InChI=1S/C11H14N3/c1-9-8-11(12-10(2)13(9)3)14-6-4-5-7-14/h4-8H,1-3H3/q+1. The Morgan fingerprint density at radius 2 is 1.86 bits per heavy atom. The minimum Gasteiger partial charge on any atom is -0.288 e. The lowest BCUT2D eigenvalue weighted by molar-refractivity contribution is -0.686. The molecule has 3 heteroatoms. The van der Waals surface area contributed by atoms with Crippen molar-refractivity contribution in [1.82, 2.24) is 9.55 Å². The molecule has 2 rings (SSSR count). The average Bonchev–Trinajstić information content (AvgIpc) is 2.66. The molecule has 2 aromatic rings. The molecule has 0 aliphatic heterocycles. The number of nitrogens with zero attached hydrogens (tertiary/aromatic N) is 3. The molecule has 14 heavy (non-hydrogen) atoms. The van der Waals surface area contributed by atoms with E-state index < -0.39 is 0 Å². The maximum Gasteiger partial charge on any atom is 0.297 e. The van der Waals surface area contributed by atoms with Crippen molar-refractivity contribution >= 4 is 0 Å². The molecule has 0 aromatic carbocycles. The molecule has 0 aliphatic carbocycles. The minimum atomic E-state index is 0.975. The van der Waals surface area contributed by atoms with Crippen LogP contribution in [-0.4, -0.2) is 9.55 Å². The monoisotopic (exact) mass is 188 g/mol. The van der Waals surface area contributed by atoms with Crippen molar-refractivity contribution < 1.29 is 4.57 Å². The van der Waals surface area contributed by atoms with Crippen molar-refractivity contribution in [2.75, 3.05) is 0 Å². The van der Waals surface area contributed by atoms with Crippen molar-refractivity contribution in [3.8, 4) is 5.82 Å². The Labute approximate surface area is 83.7 Å². The first-order chi connectivity index (χ1) is 6.68. The van der Waals surface area contributed by atoms with Gasteiger partial charge in [-0.2, -0.15) is 0 Å². The summed E-state index contributed by atoms with van der Waals surface area (Å²) in [6.45, 7) is 4.10. The van der Waals surface area contributed by atoms with Gasteiger partial charge >= 0.3 is 0 Å². The second-order valence-corrected chi connectivity index (χ2v) is 3.45. The number of hydrogen-bond donors (Lipinski definition) is 0. The van der Waals surface area contributed by atoms with E-state index in [9.17, 15) is 0 Å². The van der Waals surface area contributed by atoms with Crippen molar-refractivity contribution in [1.29, 1.82) is 0 Å². The second kappa shape index (κ2) is 3.25. The van der Waals surface area contributed by atoms with Gasteiger partial charge < -0.3 is 0 Å². The minimum absolute atomic E-state index is 0.975. The fourth-order valence-corrected chi connectivity index (χ4v) is 1.43. The van der Waals surface area contributed by atoms with Gasteiger partial charge in [0, 0.05) is 19.3 Å². The van der Waals surface area contributed by atoms with Gasteiger partial charge in [0.25, 0.3) is 11.6 Å². The van der Waals surface area contributed by atoms with Crippen LogP contribution in [0, 0.1) is 13.8 Å². The van der Waals surface area contributed by atoms with E-state index in [1.165, 1.54) is 5.69 Å². The third-order valence-corrected chi connectivity index (χ3v) is 2.50. The van der Waals surface area contributed by atoms with E-state index in [1.807, 2.05) is 43.1 Å². The number of aryl methyl sites for hydroxylation is 2. The zero-order chi connectivity index (χ0) is 10.1. The highest BCUT2D eigenvalue weighted by Crippen LogP contribution is 2.05. The highest BCUT2D eigenvalue weighted by Gasteiger charge is 2.11. The molecule has 0 bridgehead atoms. The summed E-state index contributed by atoms with van der Waals surface area (Å²) >= 11 is 0. The van der Waals surface area contributed by atoms with E-state index in [1.54, 1.807) is 0 Å². The molecular formula is C11H14N3+. The first-order valence-corrected chi connectivity index (χ1v) is 4.66. The van der Waals surface area contributed by atoms with Crippen LogP contribution >= 0.6 is 0 Å². The van der Waals surface area contributed by atoms with Crippen molar-refractivity contribution in [2.45, 2.75) is 13.8 Å². The van der Waals surface area contributed by atoms with Crippen molar-refractivity contribution in [2.24, 2.45) is 7.05 Å². The average molecular weight is 188 g/mol. The maximum atomic E-state index is 4.50. The lowest BCUT2D eigenvalue weighted by atomic mass is 10.4. The molecule has 72 valence electrons. The van der Waals surface area contributed by atoms with E-state index in [2.05, 4.69) is 22.5 Å². The van der Waals surface area contributed by atoms with E-state index in [4.69, 9.17) is 0 Å². The SMILES string of the molecule is Cc1cc(-n2cccc2)nc(C)[n+]1C. The third kappa shape index (κ3) is 1.41. The van der Waals surface area contributed by atoms with Crippen LogP contribution in [0.4, 0.5) is 0 Å². The van der Waals surface area contributed by atoms with Gasteiger partial charge in [-0.25, -0.2) is 4.57 Å². The van der Waals surface area contributed by atoms with Crippen LogP contribution in [0.25, 0.3) is 5.82 Å². The molecule has 0 saturated heterocycles. The van der Waals surface area contributed by atoms with Crippen LogP contribution in [0.1, 0.15) is 11.5 Å². The fourth-order valence-electron chi connectivity index (χ4n) is 1.43. The molecule has 0 atom stereocenters. The number of aromatic nitrogens is 3. The molecule has 0 aliphatic rings. The summed E-state index contributed by atoms with van der Waals surface area (Å²) in [6, 6.07) is 6.08. The van der Waals surface area contributed by atoms with Gasteiger partial charge in [-0.1, -0.05) is 0 Å². The summed E-state index contributed by atoms with van der Waals surface area (Å²) in [5.74, 6) is 2.00. The molecular weight excluding hydrogens is 174 g/mol. The van der Waals surface area contributed by atoms with E-state index in [0.717, 1.165) is 11.6 Å².